The Labute approximate surface area is 146 Å². The molecule has 0 radical (unpaired) electrons. The molecule has 8 heteroatoms. The van der Waals surface area contributed by atoms with Gasteiger partial charge in [0.2, 0.25) is 5.28 Å². The maximum absolute atomic E-state index is 5.72. The van der Waals surface area contributed by atoms with Crippen molar-refractivity contribution in [2.24, 2.45) is 5.92 Å². The lowest BCUT2D eigenvalue weighted by Crippen LogP contribution is -2.22. The molecule has 0 spiro atoms. The van der Waals surface area contributed by atoms with Crippen molar-refractivity contribution in [3.63, 3.8) is 0 Å². The van der Waals surface area contributed by atoms with Crippen LogP contribution in [0, 0.1) is 5.92 Å². The molecule has 2 unspecified atom stereocenters. The molecule has 3 heterocycles. The minimum atomic E-state index is -0.324. The fourth-order valence-electron chi connectivity index (χ4n) is 3.30. The molecule has 1 saturated heterocycles. The van der Waals surface area contributed by atoms with E-state index in [0.717, 1.165) is 18.0 Å². The molecule has 0 aromatic carbocycles. The van der Waals surface area contributed by atoms with E-state index in [-0.39, 0.29) is 11.1 Å². The van der Waals surface area contributed by atoms with E-state index in [9.17, 15) is 0 Å². The molecule has 7 nitrogen and oxygen atoms in total. The van der Waals surface area contributed by atoms with E-state index in [2.05, 4.69) is 32.2 Å². The van der Waals surface area contributed by atoms with Crippen LogP contribution in [0.25, 0.3) is 11.2 Å². The van der Waals surface area contributed by atoms with Crippen LogP contribution in [-0.4, -0.2) is 44.5 Å². The first kappa shape index (κ1) is 17.4. The third-order valence-corrected chi connectivity index (χ3v) is 4.33. The highest BCUT2D eigenvalue weighted by molar-refractivity contribution is 6.28. The monoisotopic (exact) mass is 353 g/mol. The van der Waals surface area contributed by atoms with Gasteiger partial charge >= 0.3 is 0 Å². The van der Waals surface area contributed by atoms with Crippen molar-refractivity contribution in [3.05, 3.63) is 11.6 Å². The van der Waals surface area contributed by atoms with Gasteiger partial charge in [-0.25, -0.2) is 4.98 Å². The molecule has 132 valence electrons. The smallest absolute Gasteiger partial charge is 0.226 e. The molecule has 2 atom stereocenters. The Morgan fingerprint density at radius 3 is 2.58 bits per heavy atom. The van der Waals surface area contributed by atoms with E-state index >= 15 is 0 Å². The van der Waals surface area contributed by atoms with Crippen LogP contribution in [0.2, 0.25) is 5.28 Å². The van der Waals surface area contributed by atoms with Gasteiger partial charge in [0.25, 0.3) is 0 Å². The lowest BCUT2D eigenvalue weighted by atomic mass is 10.1. The Morgan fingerprint density at radius 2 is 1.96 bits per heavy atom. The number of nitrogens with one attached hydrogen (secondary N) is 2. The first-order valence-corrected chi connectivity index (χ1v) is 8.72. The number of H-pyrrole nitrogens is 1. The number of hydrogen-bond donors (Lipinski definition) is 2. The fourth-order valence-corrected chi connectivity index (χ4v) is 3.46. The zero-order chi connectivity index (χ0) is 17.3. The summed E-state index contributed by atoms with van der Waals surface area (Å²) in [6.45, 7) is 9.02. The van der Waals surface area contributed by atoms with Crippen molar-refractivity contribution in [3.8, 4) is 0 Å². The Balaban J connectivity index is 0.000000143. The Hall–Kier alpha value is -1.44. The van der Waals surface area contributed by atoms with Crippen LogP contribution in [0.5, 0.6) is 0 Å². The van der Waals surface area contributed by atoms with Gasteiger partial charge in [0, 0.05) is 6.54 Å². The number of ether oxygens (including phenoxy) is 2. The second-order valence-electron chi connectivity index (χ2n) is 6.76. The standard InChI is InChI=1S/C9H16O2.C7H8ClN5/c1-6-4-7-8(5-6)11-9(2,3)10-7;1-2-9-5-4-6(11-3-10-4)13-7(8)12-5/h6-8H,4-5H2,1-3H3;3H,2H2,1H3,(H2,9,10,11,12,13). The van der Waals surface area contributed by atoms with E-state index < -0.39 is 0 Å². The predicted octanol–water partition coefficient (Wildman–Crippen LogP) is 3.37. The molecular formula is C16H24ClN5O2. The van der Waals surface area contributed by atoms with Crippen molar-refractivity contribution >= 4 is 28.6 Å². The molecule has 0 bridgehead atoms. The van der Waals surface area contributed by atoms with Gasteiger partial charge in [-0.1, -0.05) is 6.92 Å². The summed E-state index contributed by atoms with van der Waals surface area (Å²) in [6, 6.07) is 0. The van der Waals surface area contributed by atoms with E-state index in [0.29, 0.717) is 23.7 Å². The van der Waals surface area contributed by atoms with Gasteiger partial charge in [-0.15, -0.1) is 0 Å². The van der Waals surface area contributed by atoms with Crippen molar-refractivity contribution in [1.82, 2.24) is 19.9 Å². The van der Waals surface area contributed by atoms with Crippen molar-refractivity contribution in [2.75, 3.05) is 11.9 Å². The normalized spacial score (nSPS) is 27.6. The van der Waals surface area contributed by atoms with Crippen molar-refractivity contribution in [1.29, 1.82) is 0 Å². The summed E-state index contributed by atoms with van der Waals surface area (Å²) >= 11 is 5.70. The Morgan fingerprint density at radius 1 is 1.29 bits per heavy atom. The van der Waals surface area contributed by atoms with Gasteiger partial charge in [0.05, 0.1) is 18.5 Å². The lowest BCUT2D eigenvalue weighted by Gasteiger charge is -2.19. The third kappa shape index (κ3) is 3.79. The summed E-state index contributed by atoms with van der Waals surface area (Å²) in [6.07, 6.45) is 4.67. The summed E-state index contributed by atoms with van der Waals surface area (Å²) in [5, 5.41) is 3.27. The van der Waals surface area contributed by atoms with E-state index in [1.807, 2.05) is 20.8 Å². The third-order valence-electron chi connectivity index (χ3n) is 4.16. The highest BCUT2D eigenvalue weighted by atomic mass is 35.5. The van der Waals surface area contributed by atoms with Gasteiger partial charge in [-0.2, -0.15) is 9.97 Å². The van der Waals surface area contributed by atoms with Gasteiger partial charge in [-0.05, 0) is 51.1 Å². The molecule has 1 saturated carbocycles. The van der Waals surface area contributed by atoms with E-state index in [1.54, 1.807) is 6.33 Å². The minimum absolute atomic E-state index is 0.204. The number of fused-ring (bicyclic) bond motifs is 2. The Kier molecular flexibility index (Phi) is 4.94. The molecular weight excluding hydrogens is 330 g/mol. The quantitative estimate of drug-likeness (QED) is 0.805. The zero-order valence-electron chi connectivity index (χ0n) is 14.5. The molecule has 2 aliphatic rings. The van der Waals surface area contributed by atoms with Gasteiger partial charge in [0.1, 0.15) is 5.52 Å². The summed E-state index contributed by atoms with van der Waals surface area (Å²) in [7, 11) is 0. The number of hydrogen-bond acceptors (Lipinski definition) is 6. The Bertz CT molecular complexity index is 689. The number of nitrogens with zero attached hydrogens (tertiary/aromatic N) is 3. The van der Waals surface area contributed by atoms with Gasteiger partial charge in [0.15, 0.2) is 17.3 Å². The summed E-state index contributed by atoms with van der Waals surface area (Å²) in [4.78, 5) is 14.9. The number of rotatable bonds is 2. The molecule has 1 aliphatic heterocycles. The van der Waals surface area contributed by atoms with Crippen LogP contribution in [-0.2, 0) is 9.47 Å². The molecule has 24 heavy (non-hydrogen) atoms. The van der Waals surface area contributed by atoms with Crippen LogP contribution in [0.3, 0.4) is 0 Å². The van der Waals surface area contributed by atoms with Crippen LogP contribution < -0.4 is 5.32 Å². The number of imidazole rings is 1. The van der Waals surface area contributed by atoms with Crippen molar-refractivity contribution in [2.45, 2.75) is 58.5 Å². The van der Waals surface area contributed by atoms with Crippen LogP contribution in [0.4, 0.5) is 5.82 Å². The number of aromatic nitrogens is 4. The molecule has 4 rings (SSSR count). The second-order valence-corrected chi connectivity index (χ2v) is 7.10. The second kappa shape index (κ2) is 6.82. The lowest BCUT2D eigenvalue weighted by molar-refractivity contribution is -0.153. The molecule has 2 aromatic rings. The fraction of sp³-hybridized carbons (Fsp3) is 0.688. The first-order chi connectivity index (χ1) is 11.4. The molecule has 1 aliphatic carbocycles. The minimum Gasteiger partial charge on any atom is -0.368 e. The maximum atomic E-state index is 5.72. The summed E-state index contributed by atoms with van der Waals surface area (Å²) in [5.74, 6) is 1.14. The number of halogens is 1. The summed E-state index contributed by atoms with van der Waals surface area (Å²) < 4.78 is 11.4. The van der Waals surface area contributed by atoms with Gasteiger partial charge < -0.3 is 19.8 Å². The van der Waals surface area contributed by atoms with E-state index in [1.165, 1.54) is 12.8 Å². The predicted molar refractivity (Wildman–Crippen MR) is 93.1 cm³/mol. The number of anilines is 1. The number of aromatic amines is 1. The van der Waals surface area contributed by atoms with Gasteiger partial charge in [-0.3, -0.25) is 0 Å². The van der Waals surface area contributed by atoms with Crippen molar-refractivity contribution < 1.29 is 9.47 Å². The maximum Gasteiger partial charge on any atom is 0.226 e. The average Bonchev–Trinajstić information content (AvgIpc) is 3.12. The van der Waals surface area contributed by atoms with Crippen LogP contribution >= 0.6 is 11.6 Å². The SMILES string of the molecule is CC1CC2OC(C)(C)OC2C1.CCNc1nc(Cl)nc2nc[nH]c12. The van der Waals surface area contributed by atoms with E-state index in [4.69, 9.17) is 21.1 Å². The topological polar surface area (TPSA) is 84.9 Å². The molecule has 2 N–H and O–H groups in total. The highest BCUT2D eigenvalue weighted by Gasteiger charge is 2.45. The average molecular weight is 354 g/mol. The zero-order valence-corrected chi connectivity index (χ0v) is 15.2. The summed E-state index contributed by atoms with van der Waals surface area (Å²) in [5.41, 5.74) is 1.36. The van der Waals surface area contributed by atoms with Crippen LogP contribution in [0.1, 0.15) is 40.5 Å². The largest absolute Gasteiger partial charge is 0.368 e. The molecule has 2 aromatic heterocycles. The molecule has 2 fully saturated rings. The highest BCUT2D eigenvalue weighted by Crippen LogP contribution is 2.40. The van der Waals surface area contributed by atoms with Crippen LogP contribution in [0.15, 0.2) is 6.33 Å². The molecule has 0 amide bonds. The first-order valence-electron chi connectivity index (χ1n) is 8.34.